The topological polar surface area (TPSA) is 35.8 Å². The predicted octanol–water partition coefficient (Wildman–Crippen LogP) is 2.57. The van der Waals surface area contributed by atoms with Gasteiger partial charge < -0.3 is 0 Å². The van der Waals surface area contributed by atoms with Crippen LogP contribution in [0.2, 0.25) is 0 Å². The van der Waals surface area contributed by atoms with E-state index < -0.39 is 0 Å². The Bertz CT molecular complexity index is 378. The lowest BCUT2D eigenvalue weighted by atomic mass is 10.1. The molecule has 0 aliphatic heterocycles. The number of benzene rings is 1. The fourth-order valence-corrected chi connectivity index (χ4v) is 2.22. The summed E-state index contributed by atoms with van der Waals surface area (Å²) < 4.78 is 0. The van der Waals surface area contributed by atoms with Crippen molar-refractivity contribution in [2.75, 3.05) is 0 Å². The van der Waals surface area contributed by atoms with Crippen LogP contribution in [0.3, 0.4) is 0 Å². The van der Waals surface area contributed by atoms with Crippen LogP contribution >= 0.6 is 0 Å². The highest BCUT2D eigenvalue weighted by Crippen LogP contribution is 2.31. The van der Waals surface area contributed by atoms with Crippen molar-refractivity contribution < 1.29 is 0 Å². The average molecular weight is 200 g/mol. The van der Waals surface area contributed by atoms with Crippen molar-refractivity contribution in [1.29, 1.82) is 5.26 Å². The van der Waals surface area contributed by atoms with Gasteiger partial charge in [0.05, 0.1) is 12.1 Å². The molecule has 0 saturated carbocycles. The molecular weight excluding hydrogens is 184 g/mol. The highest BCUT2D eigenvalue weighted by Gasteiger charge is 2.23. The second-order valence-electron chi connectivity index (χ2n) is 4.05. The Hall–Kier alpha value is -1.33. The van der Waals surface area contributed by atoms with Crippen LogP contribution in [-0.4, -0.2) is 6.04 Å². The van der Waals surface area contributed by atoms with E-state index in [0.717, 1.165) is 19.3 Å². The molecule has 1 aromatic rings. The third-order valence-corrected chi connectivity index (χ3v) is 3.10. The first-order valence-corrected chi connectivity index (χ1v) is 5.58. The molecule has 0 amide bonds. The standard InChI is InChI=1S/C13H16N2/c1-2-11(9-14)15-13-8-7-10-5-3-4-6-12(10)13/h3-6,11,13,15H,2,7-8H2,1H3. The lowest BCUT2D eigenvalue weighted by molar-refractivity contribution is 0.478. The van der Waals surface area contributed by atoms with E-state index in [-0.39, 0.29) is 6.04 Å². The van der Waals surface area contributed by atoms with Crippen LogP contribution in [-0.2, 0) is 6.42 Å². The highest BCUT2D eigenvalue weighted by molar-refractivity contribution is 5.34. The van der Waals surface area contributed by atoms with Gasteiger partial charge in [0.25, 0.3) is 0 Å². The lowest BCUT2D eigenvalue weighted by Gasteiger charge is -2.17. The molecule has 0 saturated heterocycles. The molecule has 1 aliphatic carbocycles. The van der Waals surface area contributed by atoms with E-state index in [0.29, 0.717) is 6.04 Å². The first-order chi connectivity index (χ1) is 7.35. The van der Waals surface area contributed by atoms with Crippen LogP contribution < -0.4 is 5.32 Å². The molecule has 2 heteroatoms. The first-order valence-electron chi connectivity index (χ1n) is 5.58. The van der Waals surface area contributed by atoms with Crippen LogP contribution in [0.5, 0.6) is 0 Å². The monoisotopic (exact) mass is 200 g/mol. The maximum Gasteiger partial charge on any atom is 0.0955 e. The maximum atomic E-state index is 8.92. The predicted molar refractivity (Wildman–Crippen MR) is 60.3 cm³/mol. The smallest absolute Gasteiger partial charge is 0.0955 e. The Labute approximate surface area is 90.9 Å². The van der Waals surface area contributed by atoms with E-state index in [1.54, 1.807) is 0 Å². The Morgan fingerprint density at radius 2 is 2.33 bits per heavy atom. The van der Waals surface area contributed by atoms with Gasteiger partial charge in [-0.2, -0.15) is 5.26 Å². The minimum atomic E-state index is -0.0128. The van der Waals surface area contributed by atoms with Gasteiger partial charge in [-0.25, -0.2) is 0 Å². The summed E-state index contributed by atoms with van der Waals surface area (Å²) in [6.07, 6.45) is 3.13. The van der Waals surface area contributed by atoms with Gasteiger partial charge in [0.1, 0.15) is 0 Å². The summed E-state index contributed by atoms with van der Waals surface area (Å²) >= 11 is 0. The molecule has 1 N–H and O–H groups in total. The second kappa shape index (κ2) is 4.46. The molecule has 15 heavy (non-hydrogen) atoms. The fourth-order valence-electron chi connectivity index (χ4n) is 2.22. The molecule has 1 aromatic carbocycles. The average Bonchev–Trinajstić information content (AvgIpc) is 2.69. The Morgan fingerprint density at radius 3 is 3.07 bits per heavy atom. The zero-order chi connectivity index (χ0) is 10.7. The molecular formula is C13H16N2. The summed E-state index contributed by atoms with van der Waals surface area (Å²) in [6, 6.07) is 11.2. The number of aryl methyl sites for hydroxylation is 1. The van der Waals surface area contributed by atoms with Gasteiger partial charge in [-0.15, -0.1) is 0 Å². The Kier molecular flexibility index (Phi) is 3.03. The van der Waals surface area contributed by atoms with Crippen LogP contribution in [0.25, 0.3) is 0 Å². The molecule has 2 rings (SSSR count). The number of hydrogen-bond acceptors (Lipinski definition) is 2. The number of nitrogens with zero attached hydrogens (tertiary/aromatic N) is 1. The summed E-state index contributed by atoms with van der Waals surface area (Å²) in [6.45, 7) is 2.04. The van der Waals surface area contributed by atoms with Gasteiger partial charge in [0.2, 0.25) is 0 Å². The zero-order valence-corrected chi connectivity index (χ0v) is 9.03. The molecule has 2 unspecified atom stereocenters. The maximum absolute atomic E-state index is 8.92. The van der Waals surface area contributed by atoms with Crippen LogP contribution in [0.4, 0.5) is 0 Å². The van der Waals surface area contributed by atoms with Gasteiger partial charge in [0.15, 0.2) is 0 Å². The van der Waals surface area contributed by atoms with Crippen molar-refractivity contribution in [3.8, 4) is 6.07 Å². The molecule has 0 heterocycles. The zero-order valence-electron chi connectivity index (χ0n) is 9.03. The molecule has 0 spiro atoms. The van der Waals surface area contributed by atoms with Crippen molar-refractivity contribution in [3.05, 3.63) is 35.4 Å². The third kappa shape index (κ3) is 2.03. The van der Waals surface area contributed by atoms with E-state index in [4.69, 9.17) is 5.26 Å². The largest absolute Gasteiger partial charge is 0.295 e. The normalized spacial score (nSPS) is 20.7. The quantitative estimate of drug-likeness (QED) is 0.814. The van der Waals surface area contributed by atoms with E-state index in [2.05, 4.69) is 35.7 Å². The van der Waals surface area contributed by atoms with Gasteiger partial charge in [-0.1, -0.05) is 31.2 Å². The van der Waals surface area contributed by atoms with E-state index in [1.165, 1.54) is 11.1 Å². The number of hydrogen-bond donors (Lipinski definition) is 1. The van der Waals surface area contributed by atoms with Crippen molar-refractivity contribution in [2.24, 2.45) is 0 Å². The SMILES string of the molecule is CCC(C#N)NC1CCc2ccccc21. The number of nitriles is 1. The van der Waals surface area contributed by atoms with Crippen LogP contribution in [0.15, 0.2) is 24.3 Å². The van der Waals surface area contributed by atoms with Crippen molar-refractivity contribution in [2.45, 2.75) is 38.3 Å². The summed E-state index contributed by atoms with van der Waals surface area (Å²) in [5.74, 6) is 0. The Balaban J connectivity index is 2.11. The Morgan fingerprint density at radius 1 is 1.53 bits per heavy atom. The van der Waals surface area contributed by atoms with E-state index in [1.807, 2.05) is 6.92 Å². The molecule has 0 aromatic heterocycles. The summed E-state index contributed by atoms with van der Waals surface area (Å²) in [5, 5.41) is 12.3. The molecule has 0 bridgehead atoms. The summed E-state index contributed by atoms with van der Waals surface area (Å²) in [4.78, 5) is 0. The molecule has 2 atom stereocenters. The molecule has 0 fully saturated rings. The molecule has 78 valence electrons. The van der Waals surface area contributed by atoms with Gasteiger partial charge in [-0.05, 0) is 30.4 Å². The van der Waals surface area contributed by atoms with Crippen LogP contribution in [0.1, 0.15) is 36.9 Å². The minimum Gasteiger partial charge on any atom is -0.295 e. The van der Waals surface area contributed by atoms with Gasteiger partial charge in [-0.3, -0.25) is 5.32 Å². The van der Waals surface area contributed by atoms with E-state index >= 15 is 0 Å². The number of fused-ring (bicyclic) bond motifs is 1. The summed E-state index contributed by atoms with van der Waals surface area (Å²) in [5.41, 5.74) is 2.81. The van der Waals surface area contributed by atoms with Crippen LogP contribution in [0, 0.1) is 11.3 Å². The molecule has 2 nitrogen and oxygen atoms in total. The van der Waals surface area contributed by atoms with Crippen molar-refractivity contribution >= 4 is 0 Å². The van der Waals surface area contributed by atoms with E-state index in [9.17, 15) is 0 Å². The minimum absolute atomic E-state index is 0.0128. The number of rotatable bonds is 3. The molecule has 0 radical (unpaired) electrons. The number of nitrogens with one attached hydrogen (secondary N) is 1. The third-order valence-electron chi connectivity index (χ3n) is 3.10. The second-order valence-corrected chi connectivity index (χ2v) is 4.05. The summed E-state index contributed by atoms with van der Waals surface area (Å²) in [7, 11) is 0. The van der Waals surface area contributed by atoms with Gasteiger partial charge in [0, 0.05) is 6.04 Å². The first kappa shape index (κ1) is 10.2. The van der Waals surface area contributed by atoms with Gasteiger partial charge >= 0.3 is 0 Å². The highest BCUT2D eigenvalue weighted by atomic mass is 15.0. The fraction of sp³-hybridized carbons (Fsp3) is 0.462. The lowest BCUT2D eigenvalue weighted by Crippen LogP contribution is -2.29. The van der Waals surface area contributed by atoms with Crippen molar-refractivity contribution in [3.63, 3.8) is 0 Å². The molecule has 1 aliphatic rings. The van der Waals surface area contributed by atoms with Crippen molar-refractivity contribution in [1.82, 2.24) is 5.32 Å².